The number of guanidine groups is 1. The van der Waals surface area contributed by atoms with Crippen LogP contribution in [-0.2, 0) is 6.54 Å². The number of nitrogens with two attached hydrogens (primary N) is 1. The van der Waals surface area contributed by atoms with E-state index in [0.717, 1.165) is 13.0 Å². The van der Waals surface area contributed by atoms with Gasteiger partial charge in [0.25, 0.3) is 0 Å². The molecule has 0 unspecified atom stereocenters. The average molecular weight is 267 g/mol. The van der Waals surface area contributed by atoms with Gasteiger partial charge in [0.05, 0.1) is 6.54 Å². The lowest BCUT2D eigenvalue weighted by Crippen LogP contribution is -2.32. The normalized spacial score (nSPS) is 11.6. The van der Waals surface area contributed by atoms with Gasteiger partial charge in [0, 0.05) is 6.54 Å². The van der Waals surface area contributed by atoms with E-state index in [1.54, 1.807) is 6.07 Å². The highest BCUT2D eigenvalue weighted by molar-refractivity contribution is 5.77. The Hall–Kier alpha value is -1.78. The SMILES string of the molecule is CCCCCCNC(N)=NCc1ccc(O)c(F)c1. The molecule has 0 bridgehead atoms. The highest BCUT2D eigenvalue weighted by Crippen LogP contribution is 2.16. The topological polar surface area (TPSA) is 70.6 Å². The fourth-order valence-electron chi connectivity index (χ4n) is 1.65. The van der Waals surface area contributed by atoms with E-state index in [1.165, 1.54) is 31.4 Å². The number of rotatable bonds is 7. The molecule has 0 atom stereocenters. The number of nitrogens with one attached hydrogen (secondary N) is 1. The average Bonchev–Trinajstić information content (AvgIpc) is 2.40. The number of phenolic OH excluding ortho intramolecular Hbond substituents is 1. The van der Waals surface area contributed by atoms with Gasteiger partial charge >= 0.3 is 0 Å². The number of benzene rings is 1. The second kappa shape index (κ2) is 8.34. The Labute approximate surface area is 113 Å². The van der Waals surface area contributed by atoms with Gasteiger partial charge in [-0.1, -0.05) is 32.3 Å². The predicted octanol–water partition coefficient (Wildman–Crippen LogP) is 2.52. The monoisotopic (exact) mass is 267 g/mol. The Morgan fingerprint density at radius 2 is 2.16 bits per heavy atom. The fourth-order valence-corrected chi connectivity index (χ4v) is 1.65. The first-order valence-corrected chi connectivity index (χ1v) is 6.64. The zero-order valence-corrected chi connectivity index (χ0v) is 11.3. The van der Waals surface area contributed by atoms with Crippen LogP contribution in [0.4, 0.5) is 4.39 Å². The Morgan fingerprint density at radius 1 is 1.37 bits per heavy atom. The van der Waals surface area contributed by atoms with Crippen LogP contribution in [0.15, 0.2) is 23.2 Å². The molecule has 0 aromatic heterocycles. The number of halogens is 1. The van der Waals surface area contributed by atoms with Crippen molar-refractivity contribution in [1.29, 1.82) is 0 Å². The van der Waals surface area contributed by atoms with Gasteiger partial charge in [-0.25, -0.2) is 9.38 Å². The van der Waals surface area contributed by atoms with Crippen molar-refractivity contribution >= 4 is 5.96 Å². The number of hydrogen-bond donors (Lipinski definition) is 3. The molecule has 0 aliphatic carbocycles. The number of phenols is 1. The Balaban J connectivity index is 2.32. The Kier molecular flexibility index (Phi) is 6.71. The molecule has 0 aliphatic heterocycles. The van der Waals surface area contributed by atoms with Crippen LogP contribution in [0.2, 0.25) is 0 Å². The third-order valence-electron chi connectivity index (χ3n) is 2.78. The quantitative estimate of drug-likeness (QED) is 0.404. The summed E-state index contributed by atoms with van der Waals surface area (Å²) >= 11 is 0. The molecule has 106 valence electrons. The predicted molar refractivity (Wildman–Crippen MR) is 75.5 cm³/mol. The van der Waals surface area contributed by atoms with Crippen molar-refractivity contribution in [3.8, 4) is 5.75 Å². The maximum absolute atomic E-state index is 13.1. The van der Waals surface area contributed by atoms with E-state index in [4.69, 9.17) is 10.8 Å². The molecule has 0 fully saturated rings. The summed E-state index contributed by atoms with van der Waals surface area (Å²) in [5.74, 6) is -0.626. The number of hydrogen-bond acceptors (Lipinski definition) is 2. The van der Waals surface area contributed by atoms with Crippen molar-refractivity contribution < 1.29 is 9.50 Å². The smallest absolute Gasteiger partial charge is 0.188 e. The van der Waals surface area contributed by atoms with Gasteiger partial charge in [-0.3, -0.25) is 0 Å². The van der Waals surface area contributed by atoms with E-state index >= 15 is 0 Å². The van der Waals surface area contributed by atoms with Crippen LogP contribution in [0.5, 0.6) is 5.75 Å². The molecule has 0 saturated carbocycles. The molecule has 0 amide bonds. The first kappa shape index (κ1) is 15.3. The van der Waals surface area contributed by atoms with Crippen molar-refractivity contribution in [2.45, 2.75) is 39.2 Å². The van der Waals surface area contributed by atoms with Crippen LogP contribution in [0, 0.1) is 5.82 Å². The maximum Gasteiger partial charge on any atom is 0.188 e. The minimum atomic E-state index is -0.640. The molecule has 0 spiro atoms. The molecule has 4 N–H and O–H groups in total. The molecular formula is C14H22FN3O. The summed E-state index contributed by atoms with van der Waals surface area (Å²) in [6.45, 7) is 3.27. The molecule has 1 rings (SSSR count). The molecule has 0 aliphatic rings. The summed E-state index contributed by atoms with van der Waals surface area (Å²) in [5.41, 5.74) is 6.37. The van der Waals surface area contributed by atoms with E-state index in [0.29, 0.717) is 18.1 Å². The van der Waals surface area contributed by atoms with Gasteiger partial charge in [0.2, 0.25) is 0 Å². The molecule has 1 aromatic rings. The molecule has 5 heteroatoms. The number of aliphatic imine (C=N–C) groups is 1. The molecule has 4 nitrogen and oxygen atoms in total. The highest BCUT2D eigenvalue weighted by Gasteiger charge is 2.01. The zero-order valence-electron chi connectivity index (χ0n) is 11.3. The molecule has 0 heterocycles. The van der Waals surface area contributed by atoms with Crippen LogP contribution < -0.4 is 11.1 Å². The van der Waals surface area contributed by atoms with E-state index in [2.05, 4.69) is 17.2 Å². The van der Waals surface area contributed by atoms with Crippen molar-refractivity contribution in [2.75, 3.05) is 6.54 Å². The summed E-state index contributed by atoms with van der Waals surface area (Å²) in [6.07, 6.45) is 4.68. The number of nitrogens with zero attached hydrogens (tertiary/aromatic N) is 1. The summed E-state index contributed by atoms with van der Waals surface area (Å²) in [7, 11) is 0. The summed E-state index contributed by atoms with van der Waals surface area (Å²) < 4.78 is 13.1. The minimum absolute atomic E-state index is 0.297. The van der Waals surface area contributed by atoms with Crippen LogP contribution in [0.25, 0.3) is 0 Å². The van der Waals surface area contributed by atoms with E-state index < -0.39 is 5.82 Å². The van der Waals surface area contributed by atoms with E-state index in [9.17, 15) is 4.39 Å². The van der Waals surface area contributed by atoms with Gasteiger partial charge in [-0.2, -0.15) is 0 Å². The first-order chi connectivity index (χ1) is 9.13. The molecule has 1 aromatic carbocycles. The largest absolute Gasteiger partial charge is 0.505 e. The minimum Gasteiger partial charge on any atom is -0.505 e. The van der Waals surface area contributed by atoms with Crippen molar-refractivity contribution in [1.82, 2.24) is 5.32 Å². The lowest BCUT2D eigenvalue weighted by molar-refractivity contribution is 0.432. The van der Waals surface area contributed by atoms with E-state index in [1.807, 2.05) is 0 Å². The summed E-state index contributed by atoms with van der Waals surface area (Å²) in [4.78, 5) is 4.12. The molecule has 0 saturated heterocycles. The van der Waals surface area contributed by atoms with Crippen molar-refractivity contribution in [3.05, 3.63) is 29.6 Å². The Bertz CT molecular complexity index is 421. The third-order valence-corrected chi connectivity index (χ3v) is 2.78. The van der Waals surface area contributed by atoms with Crippen LogP contribution in [-0.4, -0.2) is 17.6 Å². The summed E-state index contributed by atoms with van der Waals surface area (Å²) in [5, 5.41) is 12.1. The number of unbranched alkanes of at least 4 members (excludes halogenated alkanes) is 3. The number of aromatic hydroxyl groups is 1. The summed E-state index contributed by atoms with van der Waals surface area (Å²) in [6, 6.07) is 4.19. The molecule has 0 radical (unpaired) electrons. The van der Waals surface area contributed by atoms with Gasteiger partial charge in [-0.15, -0.1) is 0 Å². The van der Waals surface area contributed by atoms with Gasteiger partial charge in [0.1, 0.15) is 0 Å². The fraction of sp³-hybridized carbons (Fsp3) is 0.500. The lowest BCUT2D eigenvalue weighted by atomic mass is 10.2. The Morgan fingerprint density at radius 3 is 2.84 bits per heavy atom. The highest BCUT2D eigenvalue weighted by atomic mass is 19.1. The second-order valence-electron chi connectivity index (χ2n) is 4.47. The van der Waals surface area contributed by atoms with E-state index in [-0.39, 0.29) is 5.75 Å². The molecular weight excluding hydrogens is 245 g/mol. The van der Waals surface area contributed by atoms with Gasteiger partial charge < -0.3 is 16.2 Å². The van der Waals surface area contributed by atoms with Crippen LogP contribution >= 0.6 is 0 Å². The third kappa shape index (κ3) is 6.08. The first-order valence-electron chi connectivity index (χ1n) is 6.64. The standard InChI is InChI=1S/C14H22FN3O/c1-2-3-4-5-8-17-14(16)18-10-11-6-7-13(19)12(15)9-11/h6-7,9,19H,2-5,8,10H2,1H3,(H3,16,17,18). The van der Waals surface area contributed by atoms with Crippen molar-refractivity contribution in [3.63, 3.8) is 0 Å². The van der Waals surface area contributed by atoms with Gasteiger partial charge in [-0.05, 0) is 24.1 Å². The second-order valence-corrected chi connectivity index (χ2v) is 4.47. The molecule has 19 heavy (non-hydrogen) atoms. The lowest BCUT2D eigenvalue weighted by Gasteiger charge is -2.05. The van der Waals surface area contributed by atoms with Crippen LogP contribution in [0.1, 0.15) is 38.2 Å². The van der Waals surface area contributed by atoms with Gasteiger partial charge in [0.15, 0.2) is 17.5 Å². The zero-order chi connectivity index (χ0) is 14.1. The maximum atomic E-state index is 13.1. The van der Waals surface area contributed by atoms with Crippen molar-refractivity contribution in [2.24, 2.45) is 10.7 Å². The van der Waals surface area contributed by atoms with Crippen LogP contribution in [0.3, 0.4) is 0 Å².